The van der Waals surface area contributed by atoms with Gasteiger partial charge in [-0.15, -0.1) is 0 Å². The van der Waals surface area contributed by atoms with E-state index < -0.39 is 5.97 Å². The summed E-state index contributed by atoms with van der Waals surface area (Å²) in [5.74, 6) is -0.613. The number of carbonyl (C=O) groups is 3. The molecule has 1 aromatic carbocycles. The highest BCUT2D eigenvalue weighted by Crippen LogP contribution is 2.34. The Bertz CT molecular complexity index is 989. The quantitative estimate of drug-likeness (QED) is 0.521. The average molecular weight is 426 g/mol. The second kappa shape index (κ2) is 8.79. The highest BCUT2D eigenvalue weighted by atomic mass is 32.2. The van der Waals surface area contributed by atoms with Crippen LogP contribution in [0.4, 0.5) is 10.5 Å². The smallest absolute Gasteiger partial charge is 0.373 e. The monoisotopic (exact) mass is 426 g/mol. The molecule has 0 atom stereocenters. The van der Waals surface area contributed by atoms with Crippen LogP contribution in [0.15, 0.2) is 45.7 Å². The van der Waals surface area contributed by atoms with Crippen molar-refractivity contribution in [3.8, 4) is 0 Å². The van der Waals surface area contributed by atoms with E-state index in [4.69, 9.17) is 4.42 Å². The first-order valence-corrected chi connectivity index (χ1v) is 10.6. The number of amides is 2. The van der Waals surface area contributed by atoms with Crippen LogP contribution in [0.1, 0.15) is 41.1 Å². The SMILES string of the molecule is COC(=O)c1ccc(CN2C(=O)SC(=Cc3ccc(N4CCCCC4)cc3)C2=O)o1. The van der Waals surface area contributed by atoms with Crippen LogP contribution in [0.3, 0.4) is 0 Å². The van der Waals surface area contributed by atoms with Crippen molar-refractivity contribution >= 4 is 40.6 Å². The van der Waals surface area contributed by atoms with Gasteiger partial charge in [-0.1, -0.05) is 12.1 Å². The number of rotatable bonds is 5. The minimum Gasteiger partial charge on any atom is -0.463 e. The Hall–Kier alpha value is -3.00. The maximum absolute atomic E-state index is 12.7. The Labute approximate surface area is 178 Å². The number of thioether (sulfide) groups is 1. The molecule has 0 saturated carbocycles. The molecular weight excluding hydrogens is 404 g/mol. The lowest BCUT2D eigenvalue weighted by atomic mass is 10.1. The van der Waals surface area contributed by atoms with Crippen molar-refractivity contribution in [1.29, 1.82) is 0 Å². The number of esters is 1. The summed E-state index contributed by atoms with van der Waals surface area (Å²) in [6.07, 6.45) is 5.44. The predicted octanol–water partition coefficient (Wildman–Crippen LogP) is 4.29. The maximum atomic E-state index is 12.7. The molecule has 0 aliphatic carbocycles. The molecule has 8 heteroatoms. The number of methoxy groups -OCH3 is 1. The Morgan fingerprint density at radius 1 is 1.10 bits per heavy atom. The van der Waals surface area contributed by atoms with Gasteiger partial charge >= 0.3 is 5.97 Å². The first-order chi connectivity index (χ1) is 14.5. The fraction of sp³-hybridized carbons (Fsp3) is 0.318. The van der Waals surface area contributed by atoms with Crippen LogP contribution in [0.5, 0.6) is 0 Å². The van der Waals surface area contributed by atoms with Gasteiger partial charge in [0, 0.05) is 18.8 Å². The van der Waals surface area contributed by atoms with Gasteiger partial charge in [-0.2, -0.15) is 0 Å². The number of hydrogen-bond acceptors (Lipinski definition) is 7. The molecule has 0 bridgehead atoms. The molecule has 2 fully saturated rings. The van der Waals surface area contributed by atoms with E-state index in [1.165, 1.54) is 38.1 Å². The van der Waals surface area contributed by atoms with Crippen LogP contribution in [0.2, 0.25) is 0 Å². The number of piperidine rings is 1. The largest absolute Gasteiger partial charge is 0.463 e. The van der Waals surface area contributed by atoms with Gasteiger partial charge in [-0.3, -0.25) is 14.5 Å². The van der Waals surface area contributed by atoms with Crippen LogP contribution < -0.4 is 4.90 Å². The summed E-state index contributed by atoms with van der Waals surface area (Å²) in [7, 11) is 1.25. The Morgan fingerprint density at radius 3 is 2.53 bits per heavy atom. The van der Waals surface area contributed by atoms with E-state index in [1.54, 1.807) is 12.1 Å². The number of nitrogens with zero attached hydrogens (tertiary/aromatic N) is 2. The molecule has 2 aromatic rings. The Kier molecular flexibility index (Phi) is 5.94. The van der Waals surface area contributed by atoms with Crippen molar-refractivity contribution < 1.29 is 23.5 Å². The first-order valence-electron chi connectivity index (χ1n) is 9.82. The summed E-state index contributed by atoms with van der Waals surface area (Å²) in [5.41, 5.74) is 2.05. The standard InChI is InChI=1S/C22H22N2O5S/c1-28-21(26)18-10-9-17(29-18)14-24-20(25)19(30-22(24)27)13-15-5-7-16(8-6-15)23-11-3-2-4-12-23/h5-10,13H,2-4,11-12,14H2,1H3. The minimum atomic E-state index is -0.608. The Balaban J connectivity index is 1.44. The lowest BCUT2D eigenvalue weighted by molar-refractivity contribution is -0.123. The van der Waals surface area contributed by atoms with E-state index in [-0.39, 0.29) is 23.5 Å². The fourth-order valence-electron chi connectivity index (χ4n) is 3.55. The molecule has 2 aliphatic heterocycles. The van der Waals surface area contributed by atoms with Gasteiger partial charge < -0.3 is 14.1 Å². The summed E-state index contributed by atoms with van der Waals surface area (Å²) in [6.45, 7) is 2.11. The summed E-state index contributed by atoms with van der Waals surface area (Å²) in [4.78, 5) is 40.4. The summed E-state index contributed by atoms with van der Waals surface area (Å²) < 4.78 is 9.96. The number of anilines is 1. The predicted molar refractivity (Wildman–Crippen MR) is 114 cm³/mol. The summed E-state index contributed by atoms with van der Waals surface area (Å²) in [5, 5.41) is -0.368. The van der Waals surface area contributed by atoms with Crippen molar-refractivity contribution in [3.05, 3.63) is 58.4 Å². The van der Waals surface area contributed by atoms with Crippen molar-refractivity contribution in [2.24, 2.45) is 0 Å². The van der Waals surface area contributed by atoms with Gasteiger partial charge in [0.05, 0.1) is 18.6 Å². The summed E-state index contributed by atoms with van der Waals surface area (Å²) in [6, 6.07) is 11.1. The van der Waals surface area contributed by atoms with E-state index in [0.717, 1.165) is 35.3 Å². The molecule has 0 radical (unpaired) electrons. The zero-order valence-corrected chi connectivity index (χ0v) is 17.4. The highest BCUT2D eigenvalue weighted by molar-refractivity contribution is 8.18. The molecule has 1 aromatic heterocycles. The van der Waals surface area contributed by atoms with Crippen molar-refractivity contribution in [1.82, 2.24) is 4.90 Å². The number of benzene rings is 1. The van der Waals surface area contributed by atoms with Gasteiger partial charge in [-0.25, -0.2) is 4.79 Å². The molecule has 2 saturated heterocycles. The van der Waals surface area contributed by atoms with Crippen LogP contribution >= 0.6 is 11.8 Å². The van der Waals surface area contributed by atoms with Crippen LogP contribution in [-0.4, -0.2) is 42.2 Å². The van der Waals surface area contributed by atoms with E-state index in [2.05, 4.69) is 21.8 Å². The highest BCUT2D eigenvalue weighted by Gasteiger charge is 2.35. The molecule has 7 nitrogen and oxygen atoms in total. The molecule has 2 aliphatic rings. The fourth-order valence-corrected chi connectivity index (χ4v) is 4.39. The number of furan rings is 1. The van der Waals surface area contributed by atoms with E-state index >= 15 is 0 Å². The first kappa shape index (κ1) is 20.3. The maximum Gasteiger partial charge on any atom is 0.373 e. The molecule has 30 heavy (non-hydrogen) atoms. The lowest BCUT2D eigenvalue weighted by Crippen LogP contribution is -2.29. The second-order valence-electron chi connectivity index (χ2n) is 7.16. The zero-order valence-electron chi connectivity index (χ0n) is 16.6. The number of imide groups is 1. The van der Waals surface area contributed by atoms with Gasteiger partial charge in [0.15, 0.2) is 0 Å². The third kappa shape index (κ3) is 4.28. The molecule has 3 heterocycles. The summed E-state index contributed by atoms with van der Waals surface area (Å²) >= 11 is 0.901. The number of carbonyl (C=O) groups excluding carboxylic acids is 3. The van der Waals surface area contributed by atoms with Gasteiger partial charge in [0.1, 0.15) is 5.76 Å². The normalized spacial score (nSPS) is 18.4. The van der Waals surface area contributed by atoms with Gasteiger partial charge in [-0.05, 0) is 66.9 Å². The minimum absolute atomic E-state index is 0.0313. The van der Waals surface area contributed by atoms with E-state index in [1.807, 2.05) is 12.1 Å². The topological polar surface area (TPSA) is 80.1 Å². The zero-order chi connectivity index (χ0) is 21.1. The molecule has 0 N–H and O–H groups in total. The lowest BCUT2D eigenvalue weighted by Gasteiger charge is -2.28. The average Bonchev–Trinajstić information content (AvgIpc) is 3.35. The molecule has 2 amide bonds. The molecule has 156 valence electrons. The van der Waals surface area contributed by atoms with Crippen molar-refractivity contribution in [2.45, 2.75) is 25.8 Å². The van der Waals surface area contributed by atoms with Crippen molar-refractivity contribution in [3.63, 3.8) is 0 Å². The molecular formula is C22H22N2O5S. The third-order valence-electron chi connectivity index (χ3n) is 5.15. The van der Waals surface area contributed by atoms with Crippen molar-refractivity contribution in [2.75, 3.05) is 25.1 Å². The number of hydrogen-bond donors (Lipinski definition) is 0. The van der Waals surface area contributed by atoms with E-state index in [9.17, 15) is 14.4 Å². The van der Waals surface area contributed by atoms with Crippen LogP contribution in [0, 0.1) is 0 Å². The second-order valence-corrected chi connectivity index (χ2v) is 8.16. The van der Waals surface area contributed by atoms with Crippen LogP contribution in [0.25, 0.3) is 6.08 Å². The molecule has 4 rings (SSSR count). The Morgan fingerprint density at radius 2 is 1.83 bits per heavy atom. The number of ether oxygens (including phenoxy) is 1. The molecule has 0 unspecified atom stereocenters. The van der Waals surface area contributed by atoms with Gasteiger partial charge in [0.2, 0.25) is 5.76 Å². The molecule has 0 spiro atoms. The van der Waals surface area contributed by atoms with E-state index in [0.29, 0.717) is 10.7 Å². The van der Waals surface area contributed by atoms with Gasteiger partial charge in [0.25, 0.3) is 11.1 Å². The third-order valence-corrected chi connectivity index (χ3v) is 6.06. The van der Waals surface area contributed by atoms with Crippen LogP contribution in [-0.2, 0) is 16.1 Å².